The Morgan fingerprint density at radius 1 is 1.38 bits per heavy atom. The van der Waals surface area contributed by atoms with E-state index < -0.39 is 0 Å². The first kappa shape index (κ1) is 13.5. The number of nitrogens with two attached hydrogens (primary N) is 1. The molecule has 1 aliphatic rings. The van der Waals surface area contributed by atoms with Gasteiger partial charge < -0.3 is 20.9 Å². The van der Waals surface area contributed by atoms with Crippen molar-refractivity contribution < 1.29 is 4.79 Å². The van der Waals surface area contributed by atoms with E-state index in [1.54, 1.807) is 6.20 Å². The molecular formula is C15H19N5O. The summed E-state index contributed by atoms with van der Waals surface area (Å²) >= 11 is 0. The molecule has 21 heavy (non-hydrogen) atoms. The van der Waals surface area contributed by atoms with Crippen LogP contribution in [0.15, 0.2) is 30.9 Å². The first-order valence-electron chi connectivity index (χ1n) is 7.14. The molecule has 3 rings (SSSR count). The van der Waals surface area contributed by atoms with E-state index in [1.165, 1.54) is 0 Å². The summed E-state index contributed by atoms with van der Waals surface area (Å²) in [4.78, 5) is 15.5. The number of carbonyl (C=O) groups is 1. The molecule has 110 valence electrons. The number of hydrogen-bond donors (Lipinski definition) is 3. The zero-order valence-corrected chi connectivity index (χ0v) is 11.8. The van der Waals surface area contributed by atoms with E-state index in [-0.39, 0.29) is 5.91 Å². The van der Waals surface area contributed by atoms with Gasteiger partial charge in [0.05, 0.1) is 17.7 Å². The summed E-state index contributed by atoms with van der Waals surface area (Å²) < 4.78 is 2.04. The lowest BCUT2D eigenvalue weighted by atomic mass is 10.0. The van der Waals surface area contributed by atoms with E-state index in [2.05, 4.69) is 15.6 Å². The van der Waals surface area contributed by atoms with Gasteiger partial charge in [-0.05, 0) is 30.5 Å². The summed E-state index contributed by atoms with van der Waals surface area (Å²) in [5, 5.41) is 6.22. The number of benzene rings is 1. The van der Waals surface area contributed by atoms with Gasteiger partial charge in [0.25, 0.3) is 0 Å². The molecule has 0 radical (unpaired) electrons. The number of nitrogen functional groups attached to an aromatic ring is 1. The van der Waals surface area contributed by atoms with Crippen molar-refractivity contribution in [1.29, 1.82) is 0 Å². The van der Waals surface area contributed by atoms with Crippen LogP contribution in [0.25, 0.3) is 0 Å². The van der Waals surface area contributed by atoms with Crippen LogP contribution in [-0.2, 0) is 17.8 Å². The Labute approximate surface area is 123 Å². The normalized spacial score (nSPS) is 13.6. The molecule has 4 N–H and O–H groups in total. The maximum absolute atomic E-state index is 11.4. The summed E-state index contributed by atoms with van der Waals surface area (Å²) in [5.41, 5.74) is 9.65. The number of amides is 1. The molecular weight excluding hydrogens is 266 g/mol. The molecule has 1 aromatic carbocycles. The van der Waals surface area contributed by atoms with Gasteiger partial charge in [0.1, 0.15) is 0 Å². The quantitative estimate of drug-likeness (QED) is 0.578. The maximum atomic E-state index is 11.4. The summed E-state index contributed by atoms with van der Waals surface area (Å²) in [7, 11) is 0. The van der Waals surface area contributed by atoms with E-state index in [0.29, 0.717) is 6.42 Å². The minimum Gasteiger partial charge on any atom is -0.397 e. The summed E-state index contributed by atoms with van der Waals surface area (Å²) in [6.45, 7) is 1.73. The lowest BCUT2D eigenvalue weighted by Crippen LogP contribution is -2.19. The lowest BCUT2D eigenvalue weighted by Gasteiger charge is -2.19. The highest BCUT2D eigenvalue weighted by Gasteiger charge is 2.16. The monoisotopic (exact) mass is 285 g/mol. The Bertz CT molecular complexity index is 636. The standard InChI is InChI=1S/C15H19N5O/c16-12-8-11-2-3-15(21)19-13(11)9-14(12)18-4-1-6-20-7-5-17-10-20/h5,7-10,18H,1-4,6,16H2,(H,19,21). The molecule has 0 spiro atoms. The van der Waals surface area contributed by atoms with Crippen LogP contribution >= 0.6 is 0 Å². The highest BCUT2D eigenvalue weighted by atomic mass is 16.1. The number of carbonyl (C=O) groups excluding carboxylic acids is 1. The van der Waals surface area contributed by atoms with E-state index in [1.807, 2.05) is 29.2 Å². The number of nitrogens with zero attached hydrogens (tertiary/aromatic N) is 2. The molecule has 2 heterocycles. The van der Waals surface area contributed by atoms with Crippen molar-refractivity contribution in [1.82, 2.24) is 9.55 Å². The molecule has 0 saturated heterocycles. The Hall–Kier alpha value is -2.50. The largest absolute Gasteiger partial charge is 0.397 e. The van der Waals surface area contributed by atoms with Gasteiger partial charge in [-0.3, -0.25) is 4.79 Å². The van der Waals surface area contributed by atoms with Gasteiger partial charge in [-0.2, -0.15) is 0 Å². The fourth-order valence-corrected chi connectivity index (χ4v) is 2.50. The fourth-order valence-electron chi connectivity index (χ4n) is 2.50. The smallest absolute Gasteiger partial charge is 0.224 e. The van der Waals surface area contributed by atoms with E-state index in [9.17, 15) is 4.79 Å². The van der Waals surface area contributed by atoms with Crippen LogP contribution in [0.5, 0.6) is 0 Å². The average molecular weight is 285 g/mol. The lowest BCUT2D eigenvalue weighted by molar-refractivity contribution is -0.116. The summed E-state index contributed by atoms with van der Waals surface area (Å²) in [6.07, 6.45) is 7.79. The summed E-state index contributed by atoms with van der Waals surface area (Å²) in [6, 6.07) is 3.88. The number of fused-ring (bicyclic) bond motifs is 1. The highest BCUT2D eigenvalue weighted by Crippen LogP contribution is 2.30. The molecule has 0 saturated carbocycles. The van der Waals surface area contributed by atoms with E-state index in [4.69, 9.17) is 5.73 Å². The van der Waals surface area contributed by atoms with E-state index >= 15 is 0 Å². The predicted octanol–water partition coefficient (Wildman–Crippen LogP) is 1.85. The van der Waals surface area contributed by atoms with Gasteiger partial charge >= 0.3 is 0 Å². The van der Waals surface area contributed by atoms with Crippen molar-refractivity contribution in [3.05, 3.63) is 36.4 Å². The Morgan fingerprint density at radius 2 is 2.29 bits per heavy atom. The van der Waals surface area contributed by atoms with Crippen molar-refractivity contribution in [3.63, 3.8) is 0 Å². The van der Waals surface area contributed by atoms with Gasteiger partial charge in [0.15, 0.2) is 0 Å². The zero-order valence-electron chi connectivity index (χ0n) is 11.8. The molecule has 1 amide bonds. The number of aryl methyl sites for hydroxylation is 2. The Kier molecular flexibility index (Phi) is 3.77. The summed E-state index contributed by atoms with van der Waals surface area (Å²) in [5.74, 6) is 0.0679. The van der Waals surface area contributed by atoms with Crippen LogP contribution in [0.3, 0.4) is 0 Å². The zero-order chi connectivity index (χ0) is 14.7. The van der Waals surface area contributed by atoms with Crippen LogP contribution in [0.2, 0.25) is 0 Å². The van der Waals surface area contributed by atoms with Crippen molar-refractivity contribution in [2.75, 3.05) is 22.9 Å². The van der Waals surface area contributed by atoms with Crippen molar-refractivity contribution in [2.24, 2.45) is 0 Å². The van der Waals surface area contributed by atoms with Crippen molar-refractivity contribution in [3.8, 4) is 0 Å². The van der Waals surface area contributed by atoms with Gasteiger partial charge in [-0.15, -0.1) is 0 Å². The van der Waals surface area contributed by atoms with Crippen LogP contribution in [0, 0.1) is 0 Å². The number of hydrogen-bond acceptors (Lipinski definition) is 4. The Morgan fingerprint density at radius 3 is 3.10 bits per heavy atom. The first-order chi connectivity index (χ1) is 10.2. The van der Waals surface area contributed by atoms with Crippen molar-refractivity contribution in [2.45, 2.75) is 25.8 Å². The van der Waals surface area contributed by atoms with Gasteiger partial charge in [-0.1, -0.05) is 0 Å². The number of nitrogens with one attached hydrogen (secondary N) is 2. The van der Waals surface area contributed by atoms with Gasteiger partial charge in [-0.25, -0.2) is 4.98 Å². The van der Waals surface area contributed by atoms with Crippen LogP contribution in [-0.4, -0.2) is 22.0 Å². The number of rotatable bonds is 5. The second-order valence-corrected chi connectivity index (χ2v) is 5.23. The van der Waals surface area contributed by atoms with Crippen LogP contribution in [0.1, 0.15) is 18.4 Å². The van der Waals surface area contributed by atoms with Gasteiger partial charge in [0.2, 0.25) is 5.91 Å². The second kappa shape index (κ2) is 5.87. The number of imidazole rings is 1. The van der Waals surface area contributed by atoms with Crippen molar-refractivity contribution >= 4 is 23.0 Å². The van der Waals surface area contributed by atoms with Crippen LogP contribution < -0.4 is 16.4 Å². The topological polar surface area (TPSA) is 85.0 Å². The molecule has 1 aliphatic heterocycles. The molecule has 1 aromatic heterocycles. The molecule has 6 heteroatoms. The van der Waals surface area contributed by atoms with E-state index in [0.717, 1.165) is 48.6 Å². The average Bonchev–Trinajstić information content (AvgIpc) is 2.97. The predicted molar refractivity (Wildman–Crippen MR) is 83.1 cm³/mol. The molecule has 0 atom stereocenters. The first-order valence-corrected chi connectivity index (χ1v) is 7.14. The molecule has 0 bridgehead atoms. The molecule has 0 unspecified atom stereocenters. The van der Waals surface area contributed by atoms with Crippen LogP contribution in [0.4, 0.5) is 17.1 Å². The highest BCUT2D eigenvalue weighted by molar-refractivity contribution is 5.95. The third kappa shape index (κ3) is 3.16. The third-order valence-electron chi connectivity index (χ3n) is 3.64. The van der Waals surface area contributed by atoms with Gasteiger partial charge in [0, 0.05) is 37.6 Å². The maximum Gasteiger partial charge on any atom is 0.224 e. The fraction of sp³-hybridized carbons (Fsp3) is 0.333. The number of anilines is 3. The molecule has 6 nitrogen and oxygen atoms in total. The third-order valence-corrected chi connectivity index (χ3v) is 3.64. The number of aromatic nitrogens is 2. The Balaban J connectivity index is 1.60. The molecule has 0 fully saturated rings. The minimum atomic E-state index is 0.0679. The SMILES string of the molecule is Nc1cc2c(cc1NCCCn1ccnc1)NC(=O)CC2. The molecule has 2 aromatic rings. The minimum absolute atomic E-state index is 0.0679. The second-order valence-electron chi connectivity index (χ2n) is 5.23. The molecule has 0 aliphatic carbocycles.